The molecule has 0 aliphatic carbocycles. The molecule has 0 saturated carbocycles. The highest BCUT2D eigenvalue weighted by Gasteiger charge is 2.39. The van der Waals surface area contributed by atoms with Gasteiger partial charge >= 0.3 is 5.51 Å². The summed E-state index contributed by atoms with van der Waals surface area (Å²) in [5.74, 6) is -1.88. The lowest BCUT2D eigenvalue weighted by atomic mass is 9.94. The van der Waals surface area contributed by atoms with Crippen molar-refractivity contribution in [1.29, 1.82) is 0 Å². The van der Waals surface area contributed by atoms with Gasteiger partial charge in [0.1, 0.15) is 12.0 Å². The molecule has 1 aromatic heterocycles. The molecule has 1 aliphatic heterocycles. The number of halogens is 3. The number of alkyl halides is 3. The van der Waals surface area contributed by atoms with Crippen LogP contribution in [-0.4, -0.2) is 27.0 Å². The first kappa shape index (κ1) is 19.7. The van der Waals surface area contributed by atoms with Gasteiger partial charge in [-0.25, -0.2) is 0 Å². The molecular formula is C22H13F3N2O3S. The Morgan fingerprint density at radius 2 is 1.68 bits per heavy atom. The van der Waals surface area contributed by atoms with Crippen molar-refractivity contribution in [3.63, 3.8) is 0 Å². The van der Waals surface area contributed by atoms with E-state index in [1.807, 2.05) is 42.0 Å². The maximum Gasteiger partial charge on any atom is 0.470 e. The summed E-state index contributed by atoms with van der Waals surface area (Å²) in [5, 5.41) is 2.21. The van der Waals surface area contributed by atoms with Crippen LogP contribution in [0.15, 0.2) is 60.8 Å². The van der Waals surface area contributed by atoms with Crippen molar-refractivity contribution in [3.05, 3.63) is 77.5 Å². The minimum Gasteiger partial charge on any atom is -0.316 e. The molecule has 5 nitrogen and oxygen atoms in total. The van der Waals surface area contributed by atoms with Crippen LogP contribution in [0.3, 0.4) is 0 Å². The highest BCUT2D eigenvalue weighted by atomic mass is 32.2. The SMILES string of the molecule is Cc1ccc2ccn(-c3ccc4c5c(cccc35)C(=O)N(OSC(F)(F)F)C4=O)c2c1. The second-order valence-corrected chi connectivity index (χ2v) is 7.90. The average molecular weight is 442 g/mol. The third-order valence-corrected chi connectivity index (χ3v) is 5.57. The molecular weight excluding hydrogens is 429 g/mol. The monoisotopic (exact) mass is 442 g/mol. The van der Waals surface area contributed by atoms with Gasteiger partial charge < -0.3 is 4.57 Å². The van der Waals surface area contributed by atoms with Gasteiger partial charge in [-0.3, -0.25) is 9.59 Å². The summed E-state index contributed by atoms with van der Waals surface area (Å²) in [6.07, 6.45) is 1.90. The van der Waals surface area contributed by atoms with Gasteiger partial charge in [0.2, 0.25) is 0 Å². The van der Waals surface area contributed by atoms with E-state index < -0.39 is 29.4 Å². The zero-order chi connectivity index (χ0) is 21.9. The number of amides is 2. The maximum absolute atomic E-state index is 12.8. The van der Waals surface area contributed by atoms with Crippen LogP contribution < -0.4 is 0 Å². The van der Waals surface area contributed by atoms with Crippen molar-refractivity contribution in [2.75, 3.05) is 0 Å². The summed E-state index contributed by atoms with van der Waals surface area (Å²) in [4.78, 5) is 25.6. The Labute approximate surface area is 178 Å². The molecule has 156 valence electrons. The van der Waals surface area contributed by atoms with E-state index in [2.05, 4.69) is 4.28 Å². The summed E-state index contributed by atoms with van der Waals surface area (Å²) in [5.41, 5.74) is -1.77. The summed E-state index contributed by atoms with van der Waals surface area (Å²) in [6, 6.07) is 16.1. The molecule has 0 spiro atoms. The van der Waals surface area contributed by atoms with Crippen LogP contribution in [0.1, 0.15) is 26.3 Å². The van der Waals surface area contributed by atoms with Crippen LogP contribution in [0.25, 0.3) is 27.4 Å². The van der Waals surface area contributed by atoms with Gasteiger partial charge in [0.25, 0.3) is 11.8 Å². The van der Waals surface area contributed by atoms with Crippen LogP contribution in [0.2, 0.25) is 0 Å². The Hall–Kier alpha value is -3.30. The van der Waals surface area contributed by atoms with E-state index in [9.17, 15) is 22.8 Å². The molecule has 0 bridgehead atoms. The van der Waals surface area contributed by atoms with Gasteiger partial charge in [0, 0.05) is 17.0 Å². The number of benzene rings is 3. The van der Waals surface area contributed by atoms with Gasteiger partial charge in [-0.15, -0.1) is 5.06 Å². The lowest BCUT2D eigenvalue weighted by Gasteiger charge is -2.26. The predicted octanol–water partition coefficient (Wildman–Crippen LogP) is 5.79. The molecule has 3 aromatic carbocycles. The molecule has 1 aliphatic rings. The van der Waals surface area contributed by atoms with Crippen LogP contribution in [0.5, 0.6) is 0 Å². The van der Waals surface area contributed by atoms with Crippen LogP contribution in [0.4, 0.5) is 13.2 Å². The summed E-state index contributed by atoms with van der Waals surface area (Å²) in [7, 11) is 0. The Morgan fingerprint density at radius 3 is 2.42 bits per heavy atom. The van der Waals surface area contributed by atoms with E-state index in [0.29, 0.717) is 10.8 Å². The first-order valence-electron chi connectivity index (χ1n) is 9.20. The van der Waals surface area contributed by atoms with E-state index in [1.165, 1.54) is 12.1 Å². The van der Waals surface area contributed by atoms with E-state index in [4.69, 9.17) is 0 Å². The van der Waals surface area contributed by atoms with Gasteiger partial charge in [0.15, 0.2) is 0 Å². The number of aromatic nitrogens is 1. The zero-order valence-electron chi connectivity index (χ0n) is 15.9. The van der Waals surface area contributed by atoms with Crippen molar-refractivity contribution in [2.24, 2.45) is 0 Å². The van der Waals surface area contributed by atoms with Crippen molar-refractivity contribution < 1.29 is 27.0 Å². The number of rotatable bonds is 3. The van der Waals surface area contributed by atoms with Crippen molar-refractivity contribution in [1.82, 2.24) is 9.63 Å². The lowest BCUT2D eigenvalue weighted by molar-refractivity contribution is -0.0570. The standard InChI is InChI=1S/C22H13F3N2O3S/c1-12-5-6-13-9-10-26(18(13)11-12)17-8-7-16-19-14(17)3-2-4-15(19)20(28)27(21(16)29)30-31-22(23,24)25/h2-11H,1H3. The molecule has 2 amide bonds. The first-order valence-corrected chi connectivity index (χ1v) is 9.94. The number of imide groups is 1. The lowest BCUT2D eigenvalue weighted by Crippen LogP contribution is -2.39. The third kappa shape index (κ3) is 3.17. The summed E-state index contributed by atoms with van der Waals surface area (Å²) >= 11 is -0.904. The first-order chi connectivity index (χ1) is 14.7. The van der Waals surface area contributed by atoms with Gasteiger partial charge in [-0.1, -0.05) is 24.3 Å². The zero-order valence-corrected chi connectivity index (χ0v) is 16.8. The summed E-state index contributed by atoms with van der Waals surface area (Å²) < 4.78 is 44.0. The number of fused-ring (bicyclic) bond motifs is 1. The quantitative estimate of drug-likeness (QED) is 0.298. The Morgan fingerprint density at radius 1 is 0.935 bits per heavy atom. The van der Waals surface area contributed by atoms with Gasteiger partial charge in [0.05, 0.1) is 22.3 Å². The van der Waals surface area contributed by atoms with Crippen LogP contribution >= 0.6 is 12.0 Å². The highest BCUT2D eigenvalue weighted by Crippen LogP contribution is 2.38. The third-order valence-electron chi connectivity index (χ3n) is 5.16. The Bertz CT molecular complexity index is 1370. The molecule has 9 heteroatoms. The fourth-order valence-corrected chi connectivity index (χ4v) is 4.16. The maximum atomic E-state index is 12.8. The number of nitrogens with zero attached hydrogens (tertiary/aromatic N) is 2. The Balaban J connectivity index is 1.68. The second kappa shape index (κ2) is 6.86. The number of hydroxylamine groups is 2. The molecule has 0 radical (unpaired) electrons. The van der Waals surface area contributed by atoms with E-state index in [1.54, 1.807) is 18.2 Å². The topological polar surface area (TPSA) is 51.5 Å². The average Bonchev–Trinajstić information content (AvgIpc) is 3.13. The smallest absolute Gasteiger partial charge is 0.316 e. The molecule has 5 rings (SSSR count). The molecule has 4 aromatic rings. The van der Waals surface area contributed by atoms with Gasteiger partial charge in [-0.2, -0.15) is 17.5 Å². The number of hydrogen-bond donors (Lipinski definition) is 0. The molecule has 31 heavy (non-hydrogen) atoms. The minimum atomic E-state index is -4.76. The van der Waals surface area contributed by atoms with Crippen LogP contribution in [0, 0.1) is 6.92 Å². The molecule has 0 N–H and O–H groups in total. The van der Waals surface area contributed by atoms with E-state index in [0.717, 1.165) is 22.2 Å². The van der Waals surface area contributed by atoms with Crippen molar-refractivity contribution >= 4 is 45.5 Å². The minimum absolute atomic E-state index is 0.101. The molecule has 0 saturated heterocycles. The fraction of sp³-hybridized carbons (Fsp3) is 0.0909. The molecule has 0 fully saturated rings. The van der Waals surface area contributed by atoms with Crippen molar-refractivity contribution in [3.8, 4) is 5.69 Å². The largest absolute Gasteiger partial charge is 0.470 e. The second-order valence-electron chi connectivity index (χ2n) is 7.12. The Kier molecular flexibility index (Phi) is 4.35. The summed E-state index contributed by atoms with van der Waals surface area (Å²) in [6.45, 7) is 1.99. The number of aryl methyl sites for hydroxylation is 1. The normalized spacial score (nSPS) is 14.1. The molecule has 0 atom stereocenters. The number of carbonyl (C=O) groups is 2. The highest BCUT2D eigenvalue weighted by molar-refractivity contribution is 7.95. The van der Waals surface area contributed by atoms with Gasteiger partial charge in [-0.05, 0) is 48.2 Å². The number of hydrogen-bond acceptors (Lipinski definition) is 4. The molecule has 0 unspecified atom stereocenters. The van der Waals surface area contributed by atoms with Crippen LogP contribution in [-0.2, 0) is 4.28 Å². The molecule has 2 heterocycles. The fourth-order valence-electron chi connectivity index (χ4n) is 3.86. The van der Waals surface area contributed by atoms with E-state index in [-0.39, 0.29) is 16.2 Å². The van der Waals surface area contributed by atoms with Crippen molar-refractivity contribution in [2.45, 2.75) is 12.4 Å². The van der Waals surface area contributed by atoms with E-state index >= 15 is 0 Å². The number of carbonyl (C=O) groups excluding carboxylic acids is 2. The predicted molar refractivity (Wildman–Crippen MR) is 111 cm³/mol.